The van der Waals surface area contributed by atoms with Crippen LogP contribution in [0.15, 0.2) is 24.3 Å². The highest BCUT2D eigenvalue weighted by Crippen LogP contribution is 2.36. The van der Waals surface area contributed by atoms with E-state index in [1.54, 1.807) is 31.2 Å². The predicted molar refractivity (Wildman–Crippen MR) is 99.9 cm³/mol. The smallest absolute Gasteiger partial charge is 0.340 e. The van der Waals surface area contributed by atoms with Crippen molar-refractivity contribution in [3.05, 3.63) is 35.5 Å². The number of nitrogens with zero attached hydrogens (tertiary/aromatic N) is 2. The van der Waals surface area contributed by atoms with Crippen molar-refractivity contribution in [3.8, 4) is 0 Å². The van der Waals surface area contributed by atoms with Crippen molar-refractivity contribution in [1.29, 1.82) is 0 Å². The van der Waals surface area contributed by atoms with Crippen LogP contribution in [-0.4, -0.2) is 54.8 Å². The Balaban J connectivity index is 1.69. The summed E-state index contributed by atoms with van der Waals surface area (Å²) in [5, 5.41) is 0.622. The van der Waals surface area contributed by atoms with Crippen LogP contribution in [0.4, 0.5) is 0 Å². The molecule has 3 heterocycles. The zero-order valence-corrected chi connectivity index (χ0v) is 16.1. The molecule has 3 atom stereocenters. The minimum absolute atomic E-state index is 0.101. The number of piperidine rings is 1. The van der Waals surface area contributed by atoms with Gasteiger partial charge in [0, 0.05) is 36.0 Å². The molecule has 26 heavy (non-hydrogen) atoms. The van der Waals surface area contributed by atoms with E-state index < -0.39 is 16.0 Å². The lowest BCUT2D eigenvalue weighted by Gasteiger charge is -2.35. The highest BCUT2D eigenvalue weighted by molar-refractivity contribution is 7.89. The van der Waals surface area contributed by atoms with Gasteiger partial charge in [-0.25, -0.2) is 17.2 Å². The molecule has 0 amide bonds. The van der Waals surface area contributed by atoms with Crippen molar-refractivity contribution in [3.63, 3.8) is 0 Å². The summed E-state index contributed by atoms with van der Waals surface area (Å²) in [6.45, 7) is 1.66. The first-order valence-electron chi connectivity index (χ1n) is 9.01. The molecule has 4 rings (SSSR count). The van der Waals surface area contributed by atoms with Gasteiger partial charge in [-0.3, -0.25) is 0 Å². The molecular weight excluding hydrogens is 352 g/mol. The minimum atomic E-state index is -3.52. The second-order valence-electron chi connectivity index (χ2n) is 7.55. The van der Waals surface area contributed by atoms with Crippen LogP contribution in [0.2, 0.25) is 0 Å². The third-order valence-electron chi connectivity index (χ3n) is 5.92. The van der Waals surface area contributed by atoms with Gasteiger partial charge in [0.25, 0.3) is 0 Å². The Hall–Kier alpha value is -1.86. The summed E-state index contributed by atoms with van der Waals surface area (Å²) in [6.07, 6.45) is 5.06. The fourth-order valence-electron chi connectivity index (χ4n) is 4.69. The van der Waals surface area contributed by atoms with Gasteiger partial charge in [0.1, 0.15) is 6.10 Å². The molecule has 0 aliphatic carbocycles. The molecular formula is C19H24N2O4S. The number of ether oxygens (including phenoxy) is 1. The molecule has 0 radical (unpaired) electrons. The van der Waals surface area contributed by atoms with Crippen LogP contribution in [0.3, 0.4) is 0 Å². The van der Waals surface area contributed by atoms with E-state index in [-0.39, 0.29) is 6.10 Å². The molecule has 6 nitrogen and oxygen atoms in total. The van der Waals surface area contributed by atoms with Gasteiger partial charge in [-0.2, -0.15) is 0 Å². The van der Waals surface area contributed by atoms with Gasteiger partial charge in [0.05, 0.1) is 17.3 Å². The van der Waals surface area contributed by atoms with Crippen molar-refractivity contribution in [1.82, 2.24) is 8.87 Å². The van der Waals surface area contributed by atoms with E-state index in [9.17, 15) is 13.2 Å². The summed E-state index contributed by atoms with van der Waals surface area (Å²) < 4.78 is 31.5. The molecule has 2 aliphatic rings. The fourth-order valence-corrected chi connectivity index (χ4v) is 5.80. The van der Waals surface area contributed by atoms with Crippen LogP contribution in [0.25, 0.3) is 10.9 Å². The number of carbonyl (C=O) groups is 1. The van der Waals surface area contributed by atoms with Crippen molar-refractivity contribution in [2.45, 2.75) is 50.8 Å². The number of aromatic nitrogens is 1. The van der Waals surface area contributed by atoms with Gasteiger partial charge in [-0.05, 0) is 32.9 Å². The lowest BCUT2D eigenvalue weighted by molar-refractivity contribution is -0.000328. The second kappa shape index (κ2) is 6.09. The van der Waals surface area contributed by atoms with E-state index in [0.29, 0.717) is 34.2 Å². The molecule has 1 aromatic heterocycles. The number of hydrogen-bond acceptors (Lipinski definition) is 5. The largest absolute Gasteiger partial charge is 0.459 e. The van der Waals surface area contributed by atoms with Crippen molar-refractivity contribution in [2.24, 2.45) is 0 Å². The van der Waals surface area contributed by atoms with Crippen LogP contribution in [-0.2, 0) is 14.8 Å². The van der Waals surface area contributed by atoms with E-state index >= 15 is 0 Å². The number of fused-ring (bicyclic) bond motifs is 3. The highest BCUT2D eigenvalue weighted by Gasteiger charge is 2.40. The molecule has 140 valence electrons. The lowest BCUT2D eigenvalue weighted by atomic mass is 10.0. The van der Waals surface area contributed by atoms with Crippen LogP contribution in [0.1, 0.15) is 41.7 Å². The normalized spacial score (nSPS) is 26.3. The monoisotopic (exact) mass is 376 g/mol. The standard InChI is InChI=1S/C19H24N2O4S/c1-12-18(16-6-4-5-7-17(16)21(12)26(3,23)24)19(22)25-15-10-13-8-9-14(11-15)20(13)2/h4-7,13-15H,8-11H2,1-3H3/t13-,14+,15+. The zero-order valence-electron chi connectivity index (χ0n) is 15.3. The van der Waals surface area contributed by atoms with Gasteiger partial charge in [0.15, 0.2) is 0 Å². The Bertz CT molecular complexity index is 965. The maximum Gasteiger partial charge on any atom is 0.340 e. The molecule has 2 aliphatic heterocycles. The summed E-state index contributed by atoms with van der Waals surface area (Å²) in [5.41, 5.74) is 1.29. The van der Waals surface area contributed by atoms with Gasteiger partial charge in [-0.15, -0.1) is 0 Å². The number of carbonyl (C=O) groups excluding carboxylic acids is 1. The van der Waals surface area contributed by atoms with E-state index in [1.807, 2.05) is 0 Å². The first kappa shape index (κ1) is 17.5. The Morgan fingerprint density at radius 1 is 1.15 bits per heavy atom. The predicted octanol–water partition coefficient (Wildman–Crippen LogP) is 2.54. The number of esters is 1. The van der Waals surface area contributed by atoms with E-state index in [1.165, 1.54) is 3.97 Å². The number of rotatable bonds is 3. The molecule has 2 bridgehead atoms. The van der Waals surface area contributed by atoms with Crippen LogP contribution < -0.4 is 0 Å². The van der Waals surface area contributed by atoms with Gasteiger partial charge >= 0.3 is 5.97 Å². The average molecular weight is 376 g/mol. The summed E-state index contributed by atoms with van der Waals surface area (Å²) >= 11 is 0. The minimum Gasteiger partial charge on any atom is -0.459 e. The van der Waals surface area contributed by atoms with Gasteiger partial charge < -0.3 is 9.64 Å². The summed E-state index contributed by atoms with van der Waals surface area (Å²) in [7, 11) is -1.38. The average Bonchev–Trinajstić information content (AvgIpc) is 2.95. The maximum absolute atomic E-state index is 13.0. The maximum atomic E-state index is 13.0. The zero-order chi connectivity index (χ0) is 18.6. The Morgan fingerprint density at radius 2 is 1.77 bits per heavy atom. The summed E-state index contributed by atoms with van der Waals surface area (Å²) in [5.74, 6) is -0.421. The lowest BCUT2D eigenvalue weighted by Crippen LogP contribution is -2.43. The third kappa shape index (κ3) is 2.74. The number of benzene rings is 1. The van der Waals surface area contributed by atoms with Crippen molar-refractivity contribution < 1.29 is 17.9 Å². The Labute approximate surface area is 153 Å². The highest BCUT2D eigenvalue weighted by atomic mass is 32.2. The van der Waals surface area contributed by atoms with Crippen LogP contribution in [0.5, 0.6) is 0 Å². The van der Waals surface area contributed by atoms with Crippen LogP contribution >= 0.6 is 0 Å². The van der Waals surface area contributed by atoms with E-state index in [2.05, 4.69) is 11.9 Å². The van der Waals surface area contributed by atoms with Gasteiger partial charge in [-0.1, -0.05) is 18.2 Å². The third-order valence-corrected chi connectivity index (χ3v) is 7.06. The molecule has 0 N–H and O–H groups in total. The topological polar surface area (TPSA) is 68.6 Å². The molecule has 2 aromatic rings. The second-order valence-corrected chi connectivity index (χ2v) is 9.39. The Morgan fingerprint density at radius 3 is 2.38 bits per heavy atom. The molecule has 0 spiro atoms. The molecule has 0 unspecified atom stereocenters. The molecule has 2 fully saturated rings. The SMILES string of the molecule is Cc1c(C(=O)O[C@H]2C[C@H]3CC[C@@H](C2)N3C)c2ccccc2n1S(C)(=O)=O. The first-order valence-corrected chi connectivity index (χ1v) is 10.9. The van der Waals surface area contributed by atoms with Gasteiger partial charge in [0.2, 0.25) is 10.0 Å². The molecule has 7 heteroatoms. The van der Waals surface area contributed by atoms with Crippen molar-refractivity contribution >= 4 is 26.9 Å². The molecule has 1 aromatic carbocycles. The van der Waals surface area contributed by atoms with E-state index in [0.717, 1.165) is 31.9 Å². The summed E-state index contributed by atoms with van der Waals surface area (Å²) in [6, 6.07) is 8.03. The quantitative estimate of drug-likeness (QED) is 0.770. The van der Waals surface area contributed by atoms with Crippen LogP contribution in [0, 0.1) is 6.92 Å². The first-order chi connectivity index (χ1) is 12.3. The number of hydrogen-bond donors (Lipinski definition) is 0. The number of para-hydroxylation sites is 1. The summed E-state index contributed by atoms with van der Waals surface area (Å²) in [4.78, 5) is 15.4. The fraction of sp³-hybridized carbons (Fsp3) is 0.526. The molecule has 0 saturated carbocycles. The van der Waals surface area contributed by atoms with E-state index in [4.69, 9.17) is 4.74 Å². The Kier molecular flexibility index (Phi) is 4.11. The molecule has 2 saturated heterocycles. The van der Waals surface area contributed by atoms with Crippen molar-refractivity contribution in [2.75, 3.05) is 13.3 Å².